The maximum absolute atomic E-state index is 14.0. The van der Waals surface area contributed by atoms with E-state index in [2.05, 4.69) is 33.0 Å². The number of amides is 2. The summed E-state index contributed by atoms with van der Waals surface area (Å²) in [5, 5.41) is 3.15. The van der Waals surface area contributed by atoms with E-state index in [1.165, 1.54) is 0 Å². The van der Waals surface area contributed by atoms with Gasteiger partial charge >= 0.3 is 0 Å². The van der Waals surface area contributed by atoms with Gasteiger partial charge in [0.15, 0.2) is 11.5 Å². The van der Waals surface area contributed by atoms with Crippen molar-refractivity contribution in [1.29, 1.82) is 0 Å². The topological polar surface area (TPSA) is 99.9 Å². The standard InChI is InChI=1S/C30H44N2O5/c1-8-9-10-14-22(23-16-17-24(35-5)28(37-7)27(23)36-6)26(30(2,3)4)29(34)32-21-13-11-12-20(19-21)15-18-25(31)33/h11-13,16-17,19,22,26H,8-10,14-15,18H2,1-7H3,(H2,31,33)(H,32,34). The molecule has 0 heterocycles. The van der Waals surface area contributed by atoms with E-state index in [1.807, 2.05) is 36.4 Å². The molecule has 2 rings (SSSR count). The van der Waals surface area contributed by atoms with Gasteiger partial charge in [-0.25, -0.2) is 0 Å². The first-order valence-corrected chi connectivity index (χ1v) is 13.0. The number of primary amides is 1. The van der Waals surface area contributed by atoms with Gasteiger partial charge in [-0.05, 0) is 47.9 Å². The first-order chi connectivity index (χ1) is 17.6. The maximum Gasteiger partial charge on any atom is 0.228 e. The number of ether oxygens (including phenoxy) is 3. The molecule has 0 aliphatic rings. The van der Waals surface area contributed by atoms with Crippen molar-refractivity contribution in [3.63, 3.8) is 0 Å². The number of benzene rings is 2. The van der Waals surface area contributed by atoms with E-state index in [0.717, 1.165) is 36.8 Å². The van der Waals surface area contributed by atoms with Gasteiger partial charge in [-0.15, -0.1) is 0 Å². The molecule has 2 aromatic carbocycles. The van der Waals surface area contributed by atoms with Crippen LogP contribution in [0.3, 0.4) is 0 Å². The Morgan fingerprint density at radius 2 is 1.68 bits per heavy atom. The highest BCUT2D eigenvalue weighted by molar-refractivity contribution is 5.94. The first-order valence-electron chi connectivity index (χ1n) is 13.0. The van der Waals surface area contributed by atoms with E-state index < -0.39 is 0 Å². The summed E-state index contributed by atoms with van der Waals surface area (Å²) in [6, 6.07) is 11.5. The minimum atomic E-state index is -0.356. The molecule has 37 heavy (non-hydrogen) atoms. The van der Waals surface area contributed by atoms with Crippen LogP contribution in [-0.4, -0.2) is 33.1 Å². The van der Waals surface area contributed by atoms with E-state index >= 15 is 0 Å². The Hall–Kier alpha value is -3.22. The maximum atomic E-state index is 14.0. The summed E-state index contributed by atoms with van der Waals surface area (Å²) in [6.07, 6.45) is 4.77. The molecule has 0 aliphatic carbocycles. The van der Waals surface area contributed by atoms with Crippen LogP contribution in [0.5, 0.6) is 17.2 Å². The first kappa shape index (κ1) is 30.0. The highest BCUT2D eigenvalue weighted by atomic mass is 16.5. The minimum absolute atomic E-state index is 0.0575. The minimum Gasteiger partial charge on any atom is -0.493 e. The molecule has 3 N–H and O–H groups in total. The normalized spacial score (nSPS) is 12.9. The predicted octanol–water partition coefficient (Wildman–Crippen LogP) is 6.10. The lowest BCUT2D eigenvalue weighted by molar-refractivity contribution is -0.124. The number of nitrogens with two attached hydrogens (primary N) is 1. The lowest BCUT2D eigenvalue weighted by Crippen LogP contribution is -2.38. The van der Waals surface area contributed by atoms with Crippen LogP contribution in [0.25, 0.3) is 0 Å². The van der Waals surface area contributed by atoms with Crippen molar-refractivity contribution in [2.24, 2.45) is 17.1 Å². The fraction of sp³-hybridized carbons (Fsp3) is 0.533. The van der Waals surface area contributed by atoms with Crippen molar-refractivity contribution in [3.05, 3.63) is 47.5 Å². The van der Waals surface area contributed by atoms with Crippen LogP contribution >= 0.6 is 0 Å². The fourth-order valence-electron chi connectivity index (χ4n) is 5.00. The second kappa shape index (κ2) is 13.9. The summed E-state index contributed by atoms with van der Waals surface area (Å²) in [4.78, 5) is 25.2. The zero-order chi connectivity index (χ0) is 27.6. The average Bonchev–Trinajstić information content (AvgIpc) is 2.85. The van der Waals surface area contributed by atoms with Crippen LogP contribution in [0.4, 0.5) is 5.69 Å². The van der Waals surface area contributed by atoms with Gasteiger partial charge < -0.3 is 25.3 Å². The molecule has 7 nitrogen and oxygen atoms in total. The van der Waals surface area contributed by atoms with Crippen LogP contribution in [0.15, 0.2) is 36.4 Å². The van der Waals surface area contributed by atoms with Gasteiger partial charge in [-0.2, -0.15) is 0 Å². The Labute approximate surface area is 222 Å². The van der Waals surface area contributed by atoms with Crippen LogP contribution < -0.4 is 25.3 Å². The number of rotatable bonds is 14. The third-order valence-corrected chi connectivity index (χ3v) is 6.73. The highest BCUT2D eigenvalue weighted by Crippen LogP contribution is 2.49. The van der Waals surface area contributed by atoms with Crippen LogP contribution in [0, 0.1) is 11.3 Å². The summed E-state index contributed by atoms with van der Waals surface area (Å²) in [5.41, 5.74) is 7.55. The van der Waals surface area contributed by atoms with Gasteiger partial charge in [0.1, 0.15) is 0 Å². The number of methoxy groups -OCH3 is 3. The molecule has 0 spiro atoms. The van der Waals surface area contributed by atoms with E-state index in [4.69, 9.17) is 19.9 Å². The molecule has 7 heteroatoms. The van der Waals surface area contributed by atoms with Crippen molar-refractivity contribution >= 4 is 17.5 Å². The van der Waals surface area contributed by atoms with Gasteiger partial charge in [-0.1, -0.05) is 65.2 Å². The Bertz CT molecular complexity index is 1040. The molecule has 0 aromatic heterocycles. The predicted molar refractivity (Wildman–Crippen MR) is 149 cm³/mol. The number of unbranched alkanes of at least 4 members (excludes halogenated alkanes) is 2. The zero-order valence-corrected chi connectivity index (χ0v) is 23.5. The van der Waals surface area contributed by atoms with Crippen LogP contribution in [-0.2, 0) is 16.0 Å². The van der Waals surface area contributed by atoms with Crippen molar-refractivity contribution in [1.82, 2.24) is 0 Å². The largest absolute Gasteiger partial charge is 0.493 e. The van der Waals surface area contributed by atoms with E-state index in [1.54, 1.807) is 21.3 Å². The monoisotopic (exact) mass is 512 g/mol. The molecule has 2 aromatic rings. The molecule has 0 bridgehead atoms. The smallest absolute Gasteiger partial charge is 0.228 e. The summed E-state index contributed by atoms with van der Waals surface area (Å²) in [6.45, 7) is 8.47. The van der Waals surface area contributed by atoms with Gasteiger partial charge in [-0.3, -0.25) is 9.59 Å². The molecule has 0 fully saturated rings. The second-order valence-electron chi connectivity index (χ2n) is 10.5. The Morgan fingerprint density at radius 1 is 0.973 bits per heavy atom. The SMILES string of the molecule is CCCCCC(c1ccc(OC)c(OC)c1OC)C(C(=O)Nc1cccc(CCC(N)=O)c1)C(C)(C)C. The molecule has 2 atom stereocenters. The van der Waals surface area contributed by atoms with E-state index in [0.29, 0.717) is 29.4 Å². The van der Waals surface area contributed by atoms with Crippen molar-refractivity contribution in [2.75, 3.05) is 26.6 Å². The number of aryl methyl sites for hydroxylation is 1. The summed E-state index contributed by atoms with van der Waals surface area (Å²) in [7, 11) is 4.81. The lowest BCUT2D eigenvalue weighted by Gasteiger charge is -2.37. The van der Waals surface area contributed by atoms with Crippen molar-refractivity contribution < 1.29 is 23.8 Å². The molecule has 0 saturated heterocycles. The number of anilines is 1. The van der Waals surface area contributed by atoms with Gasteiger partial charge in [0.2, 0.25) is 17.6 Å². The molecule has 0 saturated carbocycles. The lowest BCUT2D eigenvalue weighted by atomic mass is 9.68. The molecule has 2 unspecified atom stereocenters. The van der Waals surface area contributed by atoms with Crippen LogP contribution in [0.1, 0.15) is 76.8 Å². The van der Waals surface area contributed by atoms with E-state index in [-0.39, 0.29) is 35.5 Å². The summed E-state index contributed by atoms with van der Waals surface area (Å²) >= 11 is 0. The number of nitrogens with one attached hydrogen (secondary N) is 1. The molecular formula is C30H44N2O5. The van der Waals surface area contributed by atoms with Gasteiger partial charge in [0, 0.05) is 17.7 Å². The highest BCUT2D eigenvalue weighted by Gasteiger charge is 2.40. The van der Waals surface area contributed by atoms with E-state index in [9.17, 15) is 9.59 Å². The van der Waals surface area contributed by atoms with Crippen molar-refractivity contribution in [2.45, 2.75) is 72.1 Å². The molecular weight excluding hydrogens is 468 g/mol. The van der Waals surface area contributed by atoms with Gasteiger partial charge in [0.25, 0.3) is 0 Å². The molecule has 0 radical (unpaired) electrons. The summed E-state index contributed by atoms with van der Waals surface area (Å²) in [5.74, 6) is 0.834. The fourth-order valence-corrected chi connectivity index (χ4v) is 5.00. The summed E-state index contributed by atoms with van der Waals surface area (Å²) < 4.78 is 17.0. The second-order valence-corrected chi connectivity index (χ2v) is 10.5. The Balaban J connectivity index is 2.52. The zero-order valence-electron chi connectivity index (χ0n) is 23.5. The number of carbonyl (C=O) groups is 2. The molecule has 0 aliphatic heterocycles. The number of hydrogen-bond acceptors (Lipinski definition) is 5. The number of hydrogen-bond donors (Lipinski definition) is 2. The average molecular weight is 513 g/mol. The van der Waals surface area contributed by atoms with Crippen molar-refractivity contribution in [3.8, 4) is 17.2 Å². The number of carbonyl (C=O) groups excluding carboxylic acids is 2. The Kier molecular flexibility index (Phi) is 11.3. The van der Waals surface area contributed by atoms with Gasteiger partial charge in [0.05, 0.1) is 27.2 Å². The van der Waals surface area contributed by atoms with Crippen LogP contribution in [0.2, 0.25) is 0 Å². The molecule has 2 amide bonds. The quantitative estimate of drug-likeness (QED) is 0.298. The molecule has 204 valence electrons. The Morgan fingerprint density at radius 3 is 2.24 bits per heavy atom. The third-order valence-electron chi connectivity index (χ3n) is 6.73. The third kappa shape index (κ3) is 8.14.